The highest BCUT2D eigenvalue weighted by atomic mass is 35.5. The number of amides is 1. The van der Waals surface area contributed by atoms with Crippen LogP contribution >= 0.6 is 22.9 Å². The van der Waals surface area contributed by atoms with Crippen LogP contribution in [0.15, 0.2) is 36.4 Å². The summed E-state index contributed by atoms with van der Waals surface area (Å²) in [4.78, 5) is 25.9. The van der Waals surface area contributed by atoms with Crippen LogP contribution in [0, 0.1) is 26.6 Å². The van der Waals surface area contributed by atoms with Gasteiger partial charge in [-0.05, 0) is 68.1 Å². The minimum absolute atomic E-state index is 0.217. The van der Waals surface area contributed by atoms with Gasteiger partial charge in [-0.1, -0.05) is 23.7 Å². The first-order chi connectivity index (χ1) is 15.7. The summed E-state index contributed by atoms with van der Waals surface area (Å²) in [5.41, 5.74) is 3.44. The van der Waals surface area contributed by atoms with E-state index in [0.717, 1.165) is 21.0 Å². The standard InChI is InChI=1S/C25H25ClFNO4S/c1-14-12-19(13-15(2)23(14)26)32-11-5-6-20(29)28-24-22(25(30)31-4)21(16(3)33-24)17-7-9-18(27)10-8-17/h7-10,12-13H,5-6,11H2,1-4H3,(H,28,29). The number of hydrogen-bond donors (Lipinski definition) is 1. The van der Waals surface area contributed by atoms with Crippen LogP contribution in [-0.4, -0.2) is 25.6 Å². The van der Waals surface area contributed by atoms with Crippen LogP contribution in [0.5, 0.6) is 5.75 Å². The topological polar surface area (TPSA) is 64.6 Å². The number of aryl methyl sites for hydroxylation is 3. The smallest absolute Gasteiger partial charge is 0.341 e. The Labute approximate surface area is 201 Å². The highest BCUT2D eigenvalue weighted by Gasteiger charge is 2.25. The molecule has 8 heteroatoms. The van der Waals surface area contributed by atoms with Gasteiger partial charge in [0.1, 0.15) is 22.1 Å². The molecule has 0 radical (unpaired) electrons. The average molecular weight is 490 g/mol. The van der Waals surface area contributed by atoms with Gasteiger partial charge >= 0.3 is 5.97 Å². The van der Waals surface area contributed by atoms with Gasteiger partial charge in [0.05, 0.1) is 13.7 Å². The van der Waals surface area contributed by atoms with Crippen LogP contribution in [0.25, 0.3) is 11.1 Å². The average Bonchev–Trinajstić information content (AvgIpc) is 3.10. The molecule has 33 heavy (non-hydrogen) atoms. The molecule has 0 atom stereocenters. The molecule has 0 aliphatic rings. The van der Waals surface area contributed by atoms with Crippen molar-refractivity contribution < 1.29 is 23.5 Å². The summed E-state index contributed by atoms with van der Waals surface area (Å²) in [5, 5.41) is 3.95. The van der Waals surface area contributed by atoms with E-state index in [2.05, 4.69) is 5.32 Å². The predicted octanol–water partition coefficient (Wildman–Crippen LogP) is 6.72. The summed E-state index contributed by atoms with van der Waals surface area (Å²) in [6.07, 6.45) is 0.713. The second-order valence-electron chi connectivity index (χ2n) is 7.61. The molecule has 0 aliphatic carbocycles. The highest BCUT2D eigenvalue weighted by molar-refractivity contribution is 7.17. The molecule has 1 heterocycles. The summed E-state index contributed by atoms with van der Waals surface area (Å²) < 4.78 is 24.1. The van der Waals surface area contributed by atoms with E-state index in [4.69, 9.17) is 21.1 Å². The number of esters is 1. The zero-order valence-electron chi connectivity index (χ0n) is 18.9. The number of carbonyl (C=O) groups excluding carboxylic acids is 2. The van der Waals surface area contributed by atoms with Crippen molar-refractivity contribution in [1.29, 1.82) is 0 Å². The highest BCUT2D eigenvalue weighted by Crippen LogP contribution is 2.40. The number of halogens is 2. The summed E-state index contributed by atoms with van der Waals surface area (Å²) in [6, 6.07) is 9.58. The van der Waals surface area contributed by atoms with Crippen molar-refractivity contribution in [2.45, 2.75) is 33.6 Å². The summed E-state index contributed by atoms with van der Waals surface area (Å²) >= 11 is 7.46. The molecule has 0 saturated heterocycles. The first kappa shape index (κ1) is 24.7. The zero-order valence-corrected chi connectivity index (χ0v) is 20.5. The van der Waals surface area contributed by atoms with Crippen LogP contribution in [0.3, 0.4) is 0 Å². The summed E-state index contributed by atoms with van der Waals surface area (Å²) in [7, 11) is 1.28. The third-order valence-corrected chi connectivity index (χ3v) is 6.70. The van der Waals surface area contributed by atoms with Crippen molar-refractivity contribution in [1.82, 2.24) is 0 Å². The lowest BCUT2D eigenvalue weighted by molar-refractivity contribution is -0.116. The molecule has 0 spiro atoms. The minimum Gasteiger partial charge on any atom is -0.494 e. The Morgan fingerprint density at radius 1 is 1.09 bits per heavy atom. The van der Waals surface area contributed by atoms with Crippen LogP contribution < -0.4 is 10.1 Å². The lowest BCUT2D eigenvalue weighted by atomic mass is 10.0. The fraction of sp³-hybridized carbons (Fsp3) is 0.280. The van der Waals surface area contributed by atoms with Crippen molar-refractivity contribution in [2.24, 2.45) is 0 Å². The van der Waals surface area contributed by atoms with Gasteiger partial charge in [0.25, 0.3) is 0 Å². The molecular formula is C25H25ClFNO4S. The van der Waals surface area contributed by atoms with E-state index in [1.165, 1.54) is 30.6 Å². The molecule has 174 valence electrons. The maximum absolute atomic E-state index is 13.4. The van der Waals surface area contributed by atoms with Gasteiger partial charge in [0.2, 0.25) is 5.91 Å². The van der Waals surface area contributed by atoms with Gasteiger partial charge in [-0.15, -0.1) is 11.3 Å². The van der Waals surface area contributed by atoms with Gasteiger partial charge in [-0.3, -0.25) is 4.79 Å². The fourth-order valence-corrected chi connectivity index (χ4v) is 4.68. The molecule has 0 saturated carbocycles. The third kappa shape index (κ3) is 5.92. The Hall–Kier alpha value is -2.90. The van der Waals surface area contributed by atoms with E-state index in [9.17, 15) is 14.0 Å². The number of hydrogen-bond acceptors (Lipinski definition) is 5. The van der Waals surface area contributed by atoms with Gasteiger partial charge in [0.15, 0.2) is 0 Å². The van der Waals surface area contributed by atoms with E-state index in [1.807, 2.05) is 32.9 Å². The Morgan fingerprint density at radius 2 is 1.73 bits per heavy atom. The summed E-state index contributed by atoms with van der Waals surface area (Å²) in [5.74, 6) is -0.462. The number of anilines is 1. The van der Waals surface area contributed by atoms with E-state index in [1.54, 1.807) is 12.1 Å². The normalized spacial score (nSPS) is 10.7. The second kappa shape index (κ2) is 10.8. The molecule has 0 fully saturated rings. The summed E-state index contributed by atoms with van der Waals surface area (Å²) in [6.45, 7) is 6.03. The number of benzene rings is 2. The van der Waals surface area contributed by atoms with Gasteiger partial charge in [-0.2, -0.15) is 0 Å². The largest absolute Gasteiger partial charge is 0.494 e. The van der Waals surface area contributed by atoms with E-state index >= 15 is 0 Å². The molecule has 1 aromatic heterocycles. The fourth-order valence-electron chi connectivity index (χ4n) is 3.50. The van der Waals surface area contributed by atoms with Gasteiger partial charge in [-0.25, -0.2) is 9.18 Å². The van der Waals surface area contributed by atoms with E-state index in [-0.39, 0.29) is 23.7 Å². The Bertz CT molecular complexity index is 1150. The SMILES string of the molecule is COC(=O)c1c(NC(=O)CCCOc2cc(C)c(Cl)c(C)c2)sc(C)c1-c1ccc(F)cc1. The molecule has 1 amide bonds. The van der Waals surface area contributed by atoms with Gasteiger partial charge in [0, 0.05) is 21.9 Å². The Kier molecular flexibility index (Phi) is 8.10. The van der Waals surface area contributed by atoms with Crippen LogP contribution in [0.1, 0.15) is 39.2 Å². The van der Waals surface area contributed by atoms with Crippen molar-refractivity contribution in [3.8, 4) is 16.9 Å². The quantitative estimate of drug-likeness (QED) is 0.282. The molecule has 0 aliphatic heterocycles. The molecule has 5 nitrogen and oxygen atoms in total. The number of thiophene rings is 1. The van der Waals surface area contributed by atoms with Crippen LogP contribution in [-0.2, 0) is 9.53 Å². The van der Waals surface area contributed by atoms with E-state index in [0.29, 0.717) is 34.9 Å². The van der Waals surface area contributed by atoms with Crippen LogP contribution in [0.2, 0.25) is 5.02 Å². The van der Waals surface area contributed by atoms with Crippen molar-refractivity contribution in [3.63, 3.8) is 0 Å². The number of rotatable bonds is 8. The molecule has 0 bridgehead atoms. The molecule has 0 unspecified atom stereocenters. The molecule has 3 rings (SSSR count). The number of carbonyl (C=O) groups is 2. The van der Waals surface area contributed by atoms with Gasteiger partial charge < -0.3 is 14.8 Å². The monoisotopic (exact) mass is 489 g/mol. The van der Waals surface area contributed by atoms with Crippen molar-refractivity contribution in [2.75, 3.05) is 19.0 Å². The number of nitrogens with one attached hydrogen (secondary N) is 1. The molecule has 2 aromatic carbocycles. The molecule has 3 aromatic rings. The van der Waals surface area contributed by atoms with E-state index < -0.39 is 5.97 Å². The first-order valence-corrected chi connectivity index (χ1v) is 11.6. The minimum atomic E-state index is -0.564. The first-order valence-electron chi connectivity index (χ1n) is 10.4. The van der Waals surface area contributed by atoms with Crippen molar-refractivity contribution in [3.05, 3.63) is 68.8 Å². The lowest BCUT2D eigenvalue weighted by Gasteiger charge is -2.10. The molecular weight excluding hydrogens is 465 g/mol. The lowest BCUT2D eigenvalue weighted by Crippen LogP contribution is -2.15. The maximum atomic E-state index is 13.4. The third-order valence-electron chi connectivity index (χ3n) is 5.09. The second-order valence-corrected chi connectivity index (χ2v) is 9.21. The van der Waals surface area contributed by atoms with Crippen molar-refractivity contribution >= 4 is 39.8 Å². The predicted molar refractivity (Wildman–Crippen MR) is 130 cm³/mol. The number of methoxy groups -OCH3 is 1. The zero-order chi connectivity index (χ0) is 24.1. The maximum Gasteiger partial charge on any atom is 0.341 e. The Balaban J connectivity index is 1.67. The Morgan fingerprint density at radius 3 is 2.33 bits per heavy atom. The molecule has 1 N–H and O–H groups in total. The number of ether oxygens (including phenoxy) is 2. The van der Waals surface area contributed by atoms with Crippen LogP contribution in [0.4, 0.5) is 9.39 Å².